The molecule has 1 amide bonds. The average molecular weight is 422 g/mol. The van der Waals surface area contributed by atoms with Gasteiger partial charge in [-0.25, -0.2) is 4.79 Å². The second-order valence-electron chi connectivity index (χ2n) is 11.2. The van der Waals surface area contributed by atoms with Crippen molar-refractivity contribution in [2.24, 2.45) is 11.3 Å². The lowest BCUT2D eigenvalue weighted by molar-refractivity contribution is 0.0877. The van der Waals surface area contributed by atoms with Crippen LogP contribution in [-0.4, -0.2) is 18.8 Å². The van der Waals surface area contributed by atoms with E-state index in [9.17, 15) is 4.79 Å². The van der Waals surface area contributed by atoms with Crippen LogP contribution in [0.3, 0.4) is 0 Å². The highest BCUT2D eigenvalue weighted by atomic mass is 16.6. The highest BCUT2D eigenvalue weighted by Gasteiger charge is 2.37. The van der Waals surface area contributed by atoms with E-state index in [1.807, 2.05) is 6.92 Å². The molecule has 0 bridgehead atoms. The summed E-state index contributed by atoms with van der Waals surface area (Å²) in [5, 5.41) is 5.46. The van der Waals surface area contributed by atoms with Gasteiger partial charge < -0.3 is 14.8 Å². The van der Waals surface area contributed by atoms with Gasteiger partial charge in [0.1, 0.15) is 12.4 Å². The molecule has 0 radical (unpaired) electrons. The minimum atomic E-state index is -0.466. The summed E-state index contributed by atoms with van der Waals surface area (Å²) >= 11 is 0. The predicted octanol–water partition coefficient (Wildman–Crippen LogP) is 6.66. The predicted molar refractivity (Wildman–Crippen MR) is 124 cm³/mol. The first-order valence-corrected chi connectivity index (χ1v) is 11.9. The number of carbonyl (C=O) groups is 1. The number of fused-ring (bicyclic) bond motifs is 1. The van der Waals surface area contributed by atoms with Crippen LogP contribution in [0.5, 0.6) is 5.75 Å². The molecule has 4 nitrogen and oxygen atoms in total. The lowest BCUT2D eigenvalue weighted by atomic mass is 9.72. The minimum Gasteiger partial charge on any atom is -0.490 e. The monoisotopic (exact) mass is 421 g/mol. The second kappa shape index (κ2) is 7.43. The van der Waals surface area contributed by atoms with Crippen LogP contribution >= 0.6 is 0 Å². The van der Waals surface area contributed by atoms with Crippen molar-refractivity contribution in [3.05, 3.63) is 41.5 Å². The fourth-order valence-electron chi connectivity index (χ4n) is 5.46. The SMILES string of the molecule is CC1(c2ccc3c(C4CC4)c(OC4CCC(C(C)(C)C)CC4)ccc3c2)COC(=O)N1. The summed E-state index contributed by atoms with van der Waals surface area (Å²) in [5.74, 6) is 2.50. The van der Waals surface area contributed by atoms with Gasteiger partial charge in [0.25, 0.3) is 0 Å². The zero-order valence-corrected chi connectivity index (χ0v) is 19.3. The van der Waals surface area contributed by atoms with E-state index in [1.54, 1.807) is 0 Å². The largest absolute Gasteiger partial charge is 0.490 e. The smallest absolute Gasteiger partial charge is 0.408 e. The number of hydrogen-bond donors (Lipinski definition) is 1. The van der Waals surface area contributed by atoms with E-state index in [0.29, 0.717) is 24.0 Å². The van der Waals surface area contributed by atoms with Gasteiger partial charge in [0.15, 0.2) is 0 Å². The minimum absolute atomic E-state index is 0.331. The molecule has 2 aromatic rings. The van der Waals surface area contributed by atoms with Gasteiger partial charge >= 0.3 is 6.09 Å². The molecule has 0 aromatic heterocycles. The van der Waals surface area contributed by atoms with Gasteiger partial charge in [0, 0.05) is 5.56 Å². The number of carbonyl (C=O) groups excluding carboxylic acids is 1. The maximum atomic E-state index is 11.6. The van der Waals surface area contributed by atoms with E-state index in [4.69, 9.17) is 9.47 Å². The number of amides is 1. The van der Waals surface area contributed by atoms with Crippen LogP contribution in [0.2, 0.25) is 0 Å². The molecule has 1 heterocycles. The fourth-order valence-corrected chi connectivity index (χ4v) is 5.46. The number of ether oxygens (including phenoxy) is 2. The van der Waals surface area contributed by atoms with Gasteiger partial charge in [-0.3, -0.25) is 0 Å². The van der Waals surface area contributed by atoms with Crippen molar-refractivity contribution >= 4 is 16.9 Å². The Morgan fingerprint density at radius 3 is 2.39 bits per heavy atom. The first-order valence-electron chi connectivity index (χ1n) is 11.9. The van der Waals surface area contributed by atoms with Crippen molar-refractivity contribution < 1.29 is 14.3 Å². The molecule has 2 saturated carbocycles. The number of hydrogen-bond acceptors (Lipinski definition) is 3. The Morgan fingerprint density at radius 1 is 1.03 bits per heavy atom. The number of nitrogens with one attached hydrogen (secondary N) is 1. The third-order valence-corrected chi connectivity index (χ3v) is 7.71. The summed E-state index contributed by atoms with van der Waals surface area (Å²) in [4.78, 5) is 11.6. The van der Waals surface area contributed by atoms with Crippen LogP contribution in [0, 0.1) is 11.3 Å². The second-order valence-corrected chi connectivity index (χ2v) is 11.2. The van der Waals surface area contributed by atoms with Gasteiger partial charge in [-0.15, -0.1) is 0 Å². The first-order chi connectivity index (χ1) is 14.7. The molecule has 1 saturated heterocycles. The summed E-state index contributed by atoms with van der Waals surface area (Å²) < 4.78 is 11.8. The quantitative estimate of drug-likeness (QED) is 0.601. The van der Waals surface area contributed by atoms with Crippen LogP contribution in [-0.2, 0) is 10.3 Å². The molecule has 3 aliphatic rings. The van der Waals surface area contributed by atoms with E-state index in [0.717, 1.165) is 30.1 Å². The number of benzene rings is 2. The van der Waals surface area contributed by atoms with E-state index < -0.39 is 5.54 Å². The molecule has 0 spiro atoms. The Hall–Kier alpha value is -2.23. The van der Waals surface area contributed by atoms with E-state index in [2.05, 4.69) is 56.4 Å². The van der Waals surface area contributed by atoms with Crippen molar-refractivity contribution in [3.8, 4) is 5.75 Å². The van der Waals surface area contributed by atoms with Crippen LogP contribution in [0.4, 0.5) is 4.79 Å². The van der Waals surface area contributed by atoms with Crippen LogP contribution in [0.25, 0.3) is 10.8 Å². The maximum Gasteiger partial charge on any atom is 0.408 e. The van der Waals surface area contributed by atoms with E-state index in [1.165, 1.54) is 42.0 Å². The van der Waals surface area contributed by atoms with Crippen molar-refractivity contribution in [2.45, 2.75) is 83.8 Å². The molecule has 2 aromatic carbocycles. The number of cyclic esters (lactones) is 1. The zero-order chi connectivity index (χ0) is 21.8. The van der Waals surface area contributed by atoms with Crippen molar-refractivity contribution in [3.63, 3.8) is 0 Å². The molecule has 1 N–H and O–H groups in total. The molecule has 4 heteroatoms. The van der Waals surface area contributed by atoms with Gasteiger partial charge in [-0.2, -0.15) is 0 Å². The summed E-state index contributed by atoms with van der Waals surface area (Å²) in [6.07, 6.45) is 7.31. The summed E-state index contributed by atoms with van der Waals surface area (Å²) in [6, 6.07) is 10.9. The molecule has 1 aliphatic heterocycles. The summed E-state index contributed by atoms with van der Waals surface area (Å²) in [6.45, 7) is 9.49. The molecule has 31 heavy (non-hydrogen) atoms. The maximum absolute atomic E-state index is 11.6. The van der Waals surface area contributed by atoms with Crippen LogP contribution in [0.15, 0.2) is 30.3 Å². The average Bonchev–Trinajstić information content (AvgIpc) is 3.50. The molecule has 1 unspecified atom stereocenters. The Balaban J connectivity index is 1.40. The Kier molecular flexibility index (Phi) is 4.95. The molecule has 5 rings (SSSR count). The highest BCUT2D eigenvalue weighted by Crippen LogP contribution is 2.49. The third-order valence-electron chi connectivity index (χ3n) is 7.71. The highest BCUT2D eigenvalue weighted by molar-refractivity contribution is 5.89. The normalized spacial score (nSPS) is 29.0. The third kappa shape index (κ3) is 4.02. The first kappa shape index (κ1) is 20.7. The fraction of sp³-hybridized carbons (Fsp3) is 0.593. The van der Waals surface area contributed by atoms with Crippen LogP contribution in [0.1, 0.15) is 83.3 Å². The topological polar surface area (TPSA) is 47.6 Å². The summed E-state index contributed by atoms with van der Waals surface area (Å²) in [7, 11) is 0. The molecule has 1 atom stereocenters. The molecular formula is C27H35NO3. The number of alkyl carbamates (subject to hydrolysis) is 1. The van der Waals surface area contributed by atoms with Crippen LogP contribution < -0.4 is 10.1 Å². The van der Waals surface area contributed by atoms with Gasteiger partial charge in [-0.1, -0.05) is 39.0 Å². The van der Waals surface area contributed by atoms with Crippen molar-refractivity contribution in [1.82, 2.24) is 5.32 Å². The zero-order valence-electron chi connectivity index (χ0n) is 19.3. The van der Waals surface area contributed by atoms with E-state index in [-0.39, 0.29) is 6.09 Å². The van der Waals surface area contributed by atoms with Gasteiger partial charge in [0.2, 0.25) is 0 Å². The number of rotatable bonds is 4. The molecular weight excluding hydrogens is 386 g/mol. The van der Waals surface area contributed by atoms with Crippen molar-refractivity contribution in [2.75, 3.05) is 6.61 Å². The lowest BCUT2D eigenvalue weighted by Crippen LogP contribution is -2.37. The Bertz CT molecular complexity index is 995. The lowest BCUT2D eigenvalue weighted by Gasteiger charge is -2.37. The van der Waals surface area contributed by atoms with Crippen molar-refractivity contribution in [1.29, 1.82) is 0 Å². The molecule has 2 aliphatic carbocycles. The Morgan fingerprint density at radius 2 is 1.77 bits per heavy atom. The Labute approximate surface area is 185 Å². The molecule has 166 valence electrons. The van der Waals surface area contributed by atoms with Gasteiger partial charge in [0.05, 0.1) is 11.6 Å². The van der Waals surface area contributed by atoms with E-state index >= 15 is 0 Å². The summed E-state index contributed by atoms with van der Waals surface area (Å²) in [5.41, 5.74) is 2.40. The molecule has 3 fully saturated rings. The standard InChI is InChI=1S/C27H35NO3/c1-26(2,3)19-8-11-21(12-9-19)31-23-14-7-18-15-20(27(4)16-30-25(29)28-27)10-13-22(18)24(23)17-5-6-17/h7,10,13-15,17,19,21H,5-6,8-9,11-12,16H2,1-4H3,(H,28,29). The van der Waals surface area contributed by atoms with Gasteiger partial charge in [-0.05, 0) is 91.2 Å².